The number of hydrogen-bond donors (Lipinski definition) is 1. The van der Waals surface area contributed by atoms with Gasteiger partial charge in [0, 0.05) is 23.5 Å². The number of anilines is 1. The largest absolute Gasteiger partial charge is 0.492 e. The van der Waals surface area contributed by atoms with Crippen molar-refractivity contribution in [2.75, 3.05) is 30.0 Å². The van der Waals surface area contributed by atoms with Gasteiger partial charge in [0.25, 0.3) is 0 Å². The minimum absolute atomic E-state index is 0.0839. The molecular weight excluding hydrogens is 250 g/mol. The Morgan fingerprint density at radius 1 is 1.39 bits per heavy atom. The van der Waals surface area contributed by atoms with Crippen LogP contribution in [0.1, 0.15) is 18.9 Å². The Labute approximate surface area is 108 Å². The van der Waals surface area contributed by atoms with E-state index in [9.17, 15) is 8.42 Å². The molecule has 0 bridgehead atoms. The summed E-state index contributed by atoms with van der Waals surface area (Å²) in [7, 11) is -2.95. The summed E-state index contributed by atoms with van der Waals surface area (Å²) in [4.78, 5) is 0. The van der Waals surface area contributed by atoms with E-state index in [1.807, 2.05) is 18.2 Å². The van der Waals surface area contributed by atoms with Gasteiger partial charge >= 0.3 is 0 Å². The van der Waals surface area contributed by atoms with Crippen LogP contribution in [-0.4, -0.2) is 33.1 Å². The third kappa shape index (κ3) is 3.16. The molecule has 0 amide bonds. The normalized spacial score (nSPS) is 14.7. The van der Waals surface area contributed by atoms with Crippen LogP contribution in [0, 0.1) is 0 Å². The van der Waals surface area contributed by atoms with Gasteiger partial charge in [-0.1, -0.05) is 13.0 Å². The van der Waals surface area contributed by atoms with Crippen LogP contribution in [0.5, 0.6) is 5.75 Å². The van der Waals surface area contributed by atoms with E-state index in [1.54, 1.807) is 6.92 Å². The summed E-state index contributed by atoms with van der Waals surface area (Å²) in [6.07, 6.45) is 2.07. The molecule has 0 saturated heterocycles. The fraction of sp³-hybridized carbons (Fsp3) is 0.538. The molecule has 2 rings (SSSR count). The lowest BCUT2D eigenvalue weighted by Crippen LogP contribution is -2.17. The first-order chi connectivity index (χ1) is 8.62. The predicted octanol–water partition coefficient (Wildman–Crippen LogP) is 1.86. The number of hydrogen-bond acceptors (Lipinski definition) is 4. The molecule has 5 heteroatoms. The van der Waals surface area contributed by atoms with Crippen molar-refractivity contribution in [1.82, 2.24) is 0 Å². The Balaban J connectivity index is 2.02. The number of fused-ring (bicyclic) bond motifs is 1. The van der Waals surface area contributed by atoms with E-state index in [0.29, 0.717) is 0 Å². The highest BCUT2D eigenvalue weighted by Crippen LogP contribution is 2.30. The van der Waals surface area contributed by atoms with E-state index in [1.165, 1.54) is 0 Å². The first-order valence-corrected chi connectivity index (χ1v) is 8.13. The fourth-order valence-electron chi connectivity index (χ4n) is 2.04. The summed E-state index contributed by atoms with van der Waals surface area (Å²) in [5, 5.41) is 3.32. The van der Waals surface area contributed by atoms with Crippen molar-refractivity contribution in [2.24, 2.45) is 0 Å². The molecule has 0 aliphatic carbocycles. The molecule has 1 aromatic rings. The average Bonchev–Trinajstić information content (AvgIpc) is 2.39. The molecular formula is C13H19NO3S. The van der Waals surface area contributed by atoms with Crippen LogP contribution in [0.4, 0.5) is 5.69 Å². The van der Waals surface area contributed by atoms with E-state index in [2.05, 4.69) is 5.32 Å². The Morgan fingerprint density at radius 2 is 2.22 bits per heavy atom. The van der Waals surface area contributed by atoms with Gasteiger partial charge in [-0.25, -0.2) is 8.42 Å². The van der Waals surface area contributed by atoms with Gasteiger partial charge in [0.15, 0.2) is 9.84 Å². The van der Waals surface area contributed by atoms with Crippen molar-refractivity contribution in [3.05, 3.63) is 23.8 Å². The molecule has 18 heavy (non-hydrogen) atoms. The molecule has 1 aliphatic rings. The van der Waals surface area contributed by atoms with Gasteiger partial charge in [-0.05, 0) is 25.0 Å². The van der Waals surface area contributed by atoms with Crippen molar-refractivity contribution in [1.29, 1.82) is 0 Å². The molecule has 0 radical (unpaired) electrons. The fourth-order valence-corrected chi connectivity index (χ4v) is 2.66. The molecule has 1 aliphatic heterocycles. The zero-order valence-corrected chi connectivity index (χ0v) is 11.4. The number of sulfone groups is 1. The first kappa shape index (κ1) is 13.2. The smallest absolute Gasteiger partial charge is 0.153 e. The lowest BCUT2D eigenvalue weighted by molar-refractivity contribution is 0.337. The Bertz CT molecular complexity index is 511. The van der Waals surface area contributed by atoms with Gasteiger partial charge in [0.2, 0.25) is 0 Å². The van der Waals surface area contributed by atoms with Crippen molar-refractivity contribution in [3.63, 3.8) is 0 Å². The van der Waals surface area contributed by atoms with Crippen LogP contribution < -0.4 is 10.1 Å². The number of ether oxygens (including phenoxy) is 1. The van der Waals surface area contributed by atoms with E-state index in [0.717, 1.165) is 36.4 Å². The summed E-state index contributed by atoms with van der Waals surface area (Å²) in [6, 6.07) is 5.87. The molecule has 0 atom stereocenters. The molecule has 100 valence electrons. The van der Waals surface area contributed by atoms with Crippen molar-refractivity contribution >= 4 is 15.5 Å². The summed E-state index contributed by atoms with van der Waals surface area (Å²) in [6.45, 7) is 2.87. The maximum absolute atomic E-state index is 11.4. The van der Waals surface area contributed by atoms with E-state index in [-0.39, 0.29) is 18.1 Å². The molecule has 0 unspecified atom stereocenters. The number of rotatable bonds is 5. The predicted molar refractivity (Wildman–Crippen MR) is 73.1 cm³/mol. The van der Waals surface area contributed by atoms with Crippen molar-refractivity contribution < 1.29 is 13.2 Å². The quantitative estimate of drug-likeness (QED) is 0.886. The molecule has 1 aromatic carbocycles. The van der Waals surface area contributed by atoms with Crippen LogP contribution in [0.15, 0.2) is 18.2 Å². The molecule has 0 aromatic heterocycles. The summed E-state index contributed by atoms with van der Waals surface area (Å²) < 4.78 is 28.4. The Morgan fingerprint density at radius 3 is 3.00 bits per heavy atom. The second kappa shape index (κ2) is 5.61. The van der Waals surface area contributed by atoms with E-state index < -0.39 is 9.84 Å². The standard InChI is InChI=1S/C13H19NO3S/c1-2-18(15,16)10-9-17-13-7-3-6-12-11(13)5-4-8-14-12/h3,6-7,14H,2,4-5,8-10H2,1H3. The van der Waals surface area contributed by atoms with Gasteiger partial charge in [-0.3, -0.25) is 0 Å². The Hall–Kier alpha value is -1.23. The van der Waals surface area contributed by atoms with Crippen LogP contribution >= 0.6 is 0 Å². The van der Waals surface area contributed by atoms with Gasteiger partial charge in [-0.15, -0.1) is 0 Å². The van der Waals surface area contributed by atoms with Gasteiger partial charge in [0.1, 0.15) is 12.4 Å². The van der Waals surface area contributed by atoms with E-state index in [4.69, 9.17) is 4.74 Å². The van der Waals surface area contributed by atoms with Crippen molar-refractivity contribution in [3.8, 4) is 5.75 Å². The molecule has 1 heterocycles. The molecule has 4 nitrogen and oxygen atoms in total. The highest BCUT2D eigenvalue weighted by atomic mass is 32.2. The third-order valence-electron chi connectivity index (χ3n) is 3.14. The topological polar surface area (TPSA) is 55.4 Å². The number of benzene rings is 1. The summed E-state index contributed by atoms with van der Waals surface area (Å²) in [5.74, 6) is 1.07. The highest BCUT2D eigenvalue weighted by Gasteiger charge is 2.14. The average molecular weight is 269 g/mol. The maximum atomic E-state index is 11.4. The minimum atomic E-state index is -2.95. The third-order valence-corrected chi connectivity index (χ3v) is 4.81. The zero-order chi connectivity index (χ0) is 13.0. The maximum Gasteiger partial charge on any atom is 0.153 e. The van der Waals surface area contributed by atoms with Gasteiger partial charge in [0.05, 0.1) is 5.75 Å². The first-order valence-electron chi connectivity index (χ1n) is 6.31. The highest BCUT2D eigenvalue weighted by molar-refractivity contribution is 7.91. The molecule has 1 N–H and O–H groups in total. The lowest BCUT2D eigenvalue weighted by atomic mass is 10.0. The monoisotopic (exact) mass is 269 g/mol. The molecule has 0 spiro atoms. The van der Waals surface area contributed by atoms with Crippen LogP contribution in [-0.2, 0) is 16.3 Å². The van der Waals surface area contributed by atoms with Crippen molar-refractivity contribution in [2.45, 2.75) is 19.8 Å². The number of nitrogens with one attached hydrogen (secondary N) is 1. The van der Waals surface area contributed by atoms with Crippen LogP contribution in [0.3, 0.4) is 0 Å². The molecule has 0 saturated carbocycles. The van der Waals surface area contributed by atoms with Gasteiger partial charge in [-0.2, -0.15) is 0 Å². The SMILES string of the molecule is CCS(=O)(=O)CCOc1cccc2c1CCCN2. The van der Waals surface area contributed by atoms with Crippen LogP contribution in [0.25, 0.3) is 0 Å². The molecule has 0 fully saturated rings. The summed E-state index contributed by atoms with van der Waals surface area (Å²) >= 11 is 0. The van der Waals surface area contributed by atoms with Crippen LogP contribution in [0.2, 0.25) is 0 Å². The van der Waals surface area contributed by atoms with Gasteiger partial charge < -0.3 is 10.1 Å². The second-order valence-electron chi connectivity index (χ2n) is 4.40. The Kier molecular flexibility index (Phi) is 4.11. The van der Waals surface area contributed by atoms with E-state index >= 15 is 0 Å². The zero-order valence-electron chi connectivity index (χ0n) is 10.6. The lowest BCUT2D eigenvalue weighted by Gasteiger charge is -2.20. The summed E-state index contributed by atoms with van der Waals surface area (Å²) in [5.41, 5.74) is 2.27. The second-order valence-corrected chi connectivity index (χ2v) is 6.87. The minimum Gasteiger partial charge on any atom is -0.492 e.